The first kappa shape index (κ1) is 21.9. The predicted octanol–water partition coefficient (Wildman–Crippen LogP) is 3.28. The molecule has 3 heterocycles. The van der Waals surface area contributed by atoms with Gasteiger partial charge in [-0.05, 0) is 69.5 Å². The third-order valence-corrected chi connectivity index (χ3v) is 7.16. The summed E-state index contributed by atoms with van der Waals surface area (Å²) in [6, 6.07) is 5.22. The lowest BCUT2D eigenvalue weighted by Gasteiger charge is -2.45. The van der Waals surface area contributed by atoms with E-state index in [4.69, 9.17) is 4.74 Å². The molecule has 3 amide bonds. The number of nitrogens with zero attached hydrogens (tertiary/aromatic N) is 4. The van der Waals surface area contributed by atoms with Crippen molar-refractivity contribution >= 4 is 17.8 Å². The minimum absolute atomic E-state index is 0.0569. The van der Waals surface area contributed by atoms with Gasteiger partial charge in [0.2, 0.25) is 0 Å². The molecular formula is C23H33FN4O3. The Kier molecular flexibility index (Phi) is 6.10. The van der Waals surface area contributed by atoms with Crippen LogP contribution >= 0.6 is 0 Å². The Hall–Kier alpha value is -2.35. The van der Waals surface area contributed by atoms with Crippen LogP contribution in [0.25, 0.3) is 0 Å². The molecule has 2 fully saturated rings. The molecule has 0 aromatic heterocycles. The van der Waals surface area contributed by atoms with Crippen LogP contribution in [0.2, 0.25) is 0 Å². The molecule has 3 aliphatic heterocycles. The van der Waals surface area contributed by atoms with Crippen molar-refractivity contribution in [2.24, 2.45) is 0 Å². The Balaban J connectivity index is 1.43. The maximum Gasteiger partial charge on any atom is 0.409 e. The zero-order chi connectivity index (χ0) is 22.2. The second-order valence-electron chi connectivity index (χ2n) is 9.16. The van der Waals surface area contributed by atoms with E-state index in [1.807, 2.05) is 11.8 Å². The Bertz CT molecular complexity index is 830. The second kappa shape index (κ2) is 8.65. The van der Waals surface area contributed by atoms with Gasteiger partial charge >= 0.3 is 12.1 Å². The van der Waals surface area contributed by atoms with Crippen molar-refractivity contribution in [3.8, 4) is 0 Å². The zero-order valence-electron chi connectivity index (χ0n) is 18.8. The summed E-state index contributed by atoms with van der Waals surface area (Å²) in [6.07, 6.45) is 3.48. The van der Waals surface area contributed by atoms with Crippen molar-refractivity contribution < 1.29 is 18.7 Å². The second-order valence-corrected chi connectivity index (χ2v) is 9.16. The summed E-state index contributed by atoms with van der Waals surface area (Å²) in [6.45, 7) is 6.14. The van der Waals surface area contributed by atoms with Gasteiger partial charge in [0.15, 0.2) is 0 Å². The van der Waals surface area contributed by atoms with Gasteiger partial charge in [0.25, 0.3) is 0 Å². The summed E-state index contributed by atoms with van der Waals surface area (Å²) < 4.78 is 19.3. The van der Waals surface area contributed by atoms with Crippen LogP contribution < -0.4 is 4.90 Å². The van der Waals surface area contributed by atoms with Crippen molar-refractivity contribution in [1.82, 2.24) is 14.7 Å². The number of fused-ring (bicyclic) bond motifs is 2. The third-order valence-electron chi connectivity index (χ3n) is 7.16. The van der Waals surface area contributed by atoms with E-state index in [1.165, 1.54) is 6.07 Å². The Morgan fingerprint density at radius 1 is 1.16 bits per heavy atom. The molecule has 0 N–H and O–H groups in total. The van der Waals surface area contributed by atoms with Gasteiger partial charge in [-0.25, -0.2) is 14.0 Å². The van der Waals surface area contributed by atoms with Crippen molar-refractivity contribution in [3.63, 3.8) is 0 Å². The Morgan fingerprint density at radius 2 is 1.84 bits per heavy atom. The molecule has 0 saturated carbocycles. The number of likely N-dealkylation sites (tertiary alicyclic amines) is 2. The summed E-state index contributed by atoms with van der Waals surface area (Å²) >= 11 is 0. The van der Waals surface area contributed by atoms with Crippen molar-refractivity contribution in [2.75, 3.05) is 58.3 Å². The number of anilines is 1. The van der Waals surface area contributed by atoms with Gasteiger partial charge < -0.3 is 19.4 Å². The van der Waals surface area contributed by atoms with Gasteiger partial charge in [-0.1, -0.05) is 0 Å². The third kappa shape index (κ3) is 4.10. The normalized spacial score (nSPS) is 21.3. The molecule has 170 valence electrons. The first-order valence-corrected chi connectivity index (χ1v) is 11.3. The van der Waals surface area contributed by atoms with E-state index in [0.717, 1.165) is 63.1 Å². The topological polar surface area (TPSA) is 56.3 Å². The molecule has 1 aromatic rings. The van der Waals surface area contributed by atoms with Gasteiger partial charge in [-0.2, -0.15) is 0 Å². The Morgan fingerprint density at radius 3 is 2.45 bits per heavy atom. The van der Waals surface area contributed by atoms with Crippen LogP contribution in [0.5, 0.6) is 0 Å². The molecule has 0 bridgehead atoms. The van der Waals surface area contributed by atoms with Crippen LogP contribution in [0.1, 0.15) is 38.2 Å². The lowest BCUT2D eigenvalue weighted by molar-refractivity contribution is 0.0579. The summed E-state index contributed by atoms with van der Waals surface area (Å²) in [5, 5.41) is 0. The summed E-state index contributed by atoms with van der Waals surface area (Å²) in [7, 11) is 3.50. The highest BCUT2D eigenvalue weighted by molar-refractivity contribution is 5.95. The molecule has 8 heteroatoms. The number of urea groups is 1. The first-order valence-electron chi connectivity index (χ1n) is 11.3. The predicted molar refractivity (Wildman–Crippen MR) is 117 cm³/mol. The van der Waals surface area contributed by atoms with E-state index in [1.54, 1.807) is 36.0 Å². The fraction of sp³-hybridized carbons (Fsp3) is 0.652. The molecule has 0 aliphatic carbocycles. The first-order chi connectivity index (χ1) is 14.8. The minimum Gasteiger partial charge on any atom is -0.450 e. The van der Waals surface area contributed by atoms with Crippen molar-refractivity contribution in [3.05, 3.63) is 29.6 Å². The van der Waals surface area contributed by atoms with E-state index >= 15 is 0 Å². The molecule has 0 atom stereocenters. The largest absolute Gasteiger partial charge is 0.450 e. The van der Waals surface area contributed by atoms with E-state index in [0.29, 0.717) is 19.2 Å². The molecule has 3 aliphatic rings. The van der Waals surface area contributed by atoms with E-state index in [2.05, 4.69) is 4.90 Å². The van der Waals surface area contributed by atoms with Crippen LogP contribution in [0, 0.1) is 5.82 Å². The number of rotatable bonds is 2. The van der Waals surface area contributed by atoms with Gasteiger partial charge in [0.1, 0.15) is 5.82 Å². The minimum atomic E-state index is -0.244. The number of carbonyl (C=O) groups is 2. The molecule has 4 rings (SSSR count). The lowest BCUT2D eigenvalue weighted by Crippen LogP contribution is -2.52. The lowest BCUT2D eigenvalue weighted by atomic mass is 9.74. The average Bonchev–Trinajstić information content (AvgIpc) is 3.07. The molecular weight excluding hydrogens is 399 g/mol. The molecule has 0 unspecified atom stereocenters. The standard InChI is InChI=1S/C23H33FN4O3/c1-4-31-22(30)27-11-7-18(8-12-27)26-13-9-23(10-14-26)16-28(21(29)25(2)3)20-6-5-17(24)15-19(20)23/h5-6,15,18H,4,7-14,16H2,1-3H3. The molecule has 1 aromatic carbocycles. The fourth-order valence-electron chi connectivity index (χ4n) is 5.43. The van der Waals surface area contributed by atoms with Crippen molar-refractivity contribution in [2.45, 2.75) is 44.1 Å². The van der Waals surface area contributed by atoms with Crippen LogP contribution in [0.15, 0.2) is 18.2 Å². The number of benzene rings is 1. The summed E-state index contributed by atoms with van der Waals surface area (Å²) in [4.78, 5) is 32.4. The number of hydrogen-bond acceptors (Lipinski definition) is 4. The van der Waals surface area contributed by atoms with E-state index in [9.17, 15) is 14.0 Å². The Labute approximate surface area is 183 Å². The van der Waals surface area contributed by atoms with Gasteiger partial charge in [0.05, 0.1) is 6.61 Å². The monoisotopic (exact) mass is 432 g/mol. The number of hydrogen-bond donors (Lipinski definition) is 0. The quantitative estimate of drug-likeness (QED) is 0.720. The molecule has 1 spiro atoms. The van der Waals surface area contributed by atoms with Crippen LogP contribution in [0.4, 0.5) is 19.7 Å². The average molecular weight is 433 g/mol. The smallest absolute Gasteiger partial charge is 0.409 e. The number of amides is 3. The molecule has 31 heavy (non-hydrogen) atoms. The fourth-order valence-corrected chi connectivity index (χ4v) is 5.43. The maximum absolute atomic E-state index is 14.1. The number of carbonyl (C=O) groups excluding carboxylic acids is 2. The molecule has 2 saturated heterocycles. The van der Waals surface area contributed by atoms with Crippen LogP contribution in [-0.4, -0.2) is 86.3 Å². The number of piperidine rings is 2. The van der Waals surface area contributed by atoms with Gasteiger partial charge in [-0.3, -0.25) is 4.90 Å². The van der Waals surface area contributed by atoms with Crippen LogP contribution in [0.3, 0.4) is 0 Å². The van der Waals surface area contributed by atoms with Crippen LogP contribution in [-0.2, 0) is 10.2 Å². The SMILES string of the molecule is CCOC(=O)N1CCC(N2CCC3(CC2)CN(C(=O)N(C)C)c2ccc(F)cc23)CC1. The highest BCUT2D eigenvalue weighted by Gasteiger charge is 2.47. The number of ether oxygens (including phenoxy) is 1. The van der Waals surface area contributed by atoms with Crippen molar-refractivity contribution in [1.29, 1.82) is 0 Å². The van der Waals surface area contributed by atoms with Gasteiger partial charge in [-0.15, -0.1) is 0 Å². The zero-order valence-corrected chi connectivity index (χ0v) is 18.8. The van der Waals surface area contributed by atoms with E-state index in [-0.39, 0.29) is 23.4 Å². The van der Waals surface area contributed by atoms with E-state index < -0.39 is 0 Å². The summed E-state index contributed by atoms with van der Waals surface area (Å²) in [5.74, 6) is -0.244. The highest BCUT2D eigenvalue weighted by atomic mass is 19.1. The molecule has 7 nitrogen and oxygen atoms in total. The molecule has 0 radical (unpaired) electrons. The number of halogens is 1. The maximum atomic E-state index is 14.1. The summed E-state index contributed by atoms with van der Waals surface area (Å²) in [5.41, 5.74) is 1.63. The van der Waals surface area contributed by atoms with Gasteiger partial charge in [0, 0.05) is 50.9 Å². The highest BCUT2D eigenvalue weighted by Crippen LogP contribution is 2.48.